The van der Waals surface area contributed by atoms with Gasteiger partial charge in [-0.05, 0) is 17.7 Å². The Labute approximate surface area is 138 Å². The van der Waals surface area contributed by atoms with E-state index < -0.39 is 0 Å². The molecular weight excluding hydrogens is 286 g/mol. The Bertz CT molecular complexity index is 776. The molecule has 0 amide bonds. The molecule has 0 bridgehead atoms. The van der Waals surface area contributed by atoms with Gasteiger partial charge in [-0.15, -0.1) is 0 Å². The second-order valence-electron chi connectivity index (χ2n) is 4.32. The van der Waals surface area contributed by atoms with E-state index in [1.807, 2.05) is 64.1 Å². The zero-order valence-electron chi connectivity index (χ0n) is 14.5. The van der Waals surface area contributed by atoms with E-state index in [1.165, 1.54) is 0 Å². The third kappa shape index (κ3) is 4.46. The van der Waals surface area contributed by atoms with Crippen molar-refractivity contribution in [2.45, 2.75) is 27.7 Å². The van der Waals surface area contributed by atoms with Crippen molar-refractivity contribution in [2.75, 3.05) is 7.11 Å². The lowest BCUT2D eigenvalue weighted by Crippen LogP contribution is -2.03. The fourth-order valence-electron chi connectivity index (χ4n) is 2.13. The number of ether oxygens (including phenoxy) is 1. The van der Waals surface area contributed by atoms with Gasteiger partial charge in [-0.25, -0.2) is 0 Å². The summed E-state index contributed by atoms with van der Waals surface area (Å²) >= 11 is 0. The number of rotatable bonds is 2. The Morgan fingerprint density at radius 1 is 0.870 bits per heavy atom. The monoisotopic (exact) mass is 311 g/mol. The number of pyridine rings is 1. The van der Waals surface area contributed by atoms with Crippen LogP contribution in [0.4, 0.5) is 0 Å². The second kappa shape index (κ2) is 9.46. The first kappa shape index (κ1) is 18.5. The van der Waals surface area contributed by atoms with Crippen LogP contribution < -0.4 is 10.2 Å². The third-order valence-electron chi connectivity index (χ3n) is 3.12. The predicted octanol–water partition coefficient (Wildman–Crippen LogP) is 5.26. The first-order chi connectivity index (χ1) is 11.3. The maximum Gasteiger partial charge on any atom is 0.190 e. The van der Waals surface area contributed by atoms with E-state index in [9.17, 15) is 4.79 Å². The van der Waals surface area contributed by atoms with Gasteiger partial charge in [0.15, 0.2) is 5.43 Å². The smallest absolute Gasteiger partial charge is 0.190 e. The molecule has 1 heterocycles. The molecule has 122 valence electrons. The van der Waals surface area contributed by atoms with Crippen LogP contribution in [-0.4, -0.2) is 12.1 Å². The van der Waals surface area contributed by atoms with E-state index in [0.29, 0.717) is 5.39 Å². The van der Waals surface area contributed by atoms with Crippen LogP contribution in [0.15, 0.2) is 59.4 Å². The van der Waals surface area contributed by atoms with Crippen molar-refractivity contribution in [3.05, 3.63) is 64.8 Å². The lowest BCUT2D eigenvalue weighted by Gasteiger charge is -2.06. The second-order valence-corrected chi connectivity index (χ2v) is 4.32. The van der Waals surface area contributed by atoms with Crippen molar-refractivity contribution in [1.82, 2.24) is 4.98 Å². The molecule has 2 aromatic carbocycles. The number of aromatic nitrogens is 1. The molecule has 0 spiro atoms. The van der Waals surface area contributed by atoms with Gasteiger partial charge in [0.05, 0.1) is 12.6 Å². The lowest BCUT2D eigenvalue weighted by atomic mass is 10.1. The number of H-pyrrole nitrogens is 1. The van der Waals surface area contributed by atoms with Crippen molar-refractivity contribution < 1.29 is 4.74 Å². The summed E-state index contributed by atoms with van der Waals surface area (Å²) in [5.74, 6) is 0.730. The average Bonchev–Trinajstić information content (AvgIpc) is 2.65. The quantitative estimate of drug-likeness (QED) is 0.701. The molecule has 1 aromatic heterocycles. The molecule has 3 nitrogen and oxygen atoms in total. The van der Waals surface area contributed by atoms with E-state index in [2.05, 4.69) is 4.98 Å². The predicted molar refractivity (Wildman–Crippen MR) is 99.3 cm³/mol. The van der Waals surface area contributed by atoms with Crippen LogP contribution in [0.25, 0.3) is 22.2 Å². The number of benzene rings is 2. The zero-order valence-corrected chi connectivity index (χ0v) is 14.5. The van der Waals surface area contributed by atoms with Crippen molar-refractivity contribution >= 4 is 10.9 Å². The fraction of sp³-hybridized carbons (Fsp3) is 0.250. The Morgan fingerprint density at radius 3 is 2.13 bits per heavy atom. The highest BCUT2D eigenvalue weighted by Crippen LogP contribution is 2.21. The summed E-state index contributed by atoms with van der Waals surface area (Å²) in [5.41, 5.74) is 2.59. The lowest BCUT2D eigenvalue weighted by molar-refractivity contribution is 0.415. The highest BCUT2D eigenvalue weighted by atomic mass is 16.5. The van der Waals surface area contributed by atoms with Crippen molar-refractivity contribution in [3.8, 4) is 17.0 Å². The van der Waals surface area contributed by atoms with Gasteiger partial charge in [-0.2, -0.15) is 0 Å². The number of nitrogens with one attached hydrogen (secondary N) is 1. The molecule has 0 aliphatic heterocycles. The number of fused-ring (bicyclic) bond motifs is 1. The first-order valence-electron chi connectivity index (χ1n) is 8.04. The number of aromatic amines is 1. The highest BCUT2D eigenvalue weighted by Gasteiger charge is 2.05. The Balaban J connectivity index is 0.000000615. The van der Waals surface area contributed by atoms with Crippen LogP contribution in [0.3, 0.4) is 0 Å². The van der Waals surface area contributed by atoms with E-state index in [-0.39, 0.29) is 5.43 Å². The summed E-state index contributed by atoms with van der Waals surface area (Å²) in [6.45, 7) is 8.00. The van der Waals surface area contributed by atoms with Crippen molar-refractivity contribution in [1.29, 1.82) is 0 Å². The van der Waals surface area contributed by atoms with Crippen molar-refractivity contribution in [3.63, 3.8) is 0 Å². The van der Waals surface area contributed by atoms with Gasteiger partial charge in [0.2, 0.25) is 0 Å². The molecule has 0 fully saturated rings. The minimum Gasteiger partial charge on any atom is -0.497 e. The average molecular weight is 311 g/mol. The Morgan fingerprint density at radius 2 is 1.52 bits per heavy atom. The van der Waals surface area contributed by atoms with E-state index in [4.69, 9.17) is 4.74 Å². The minimum absolute atomic E-state index is 0.00950. The molecule has 0 unspecified atom stereocenters. The number of methoxy groups -OCH3 is 1. The molecule has 3 rings (SSSR count). The summed E-state index contributed by atoms with van der Waals surface area (Å²) in [6, 6.07) is 16.8. The summed E-state index contributed by atoms with van der Waals surface area (Å²) in [5, 5.41) is 0.667. The van der Waals surface area contributed by atoms with Crippen LogP contribution in [0.5, 0.6) is 5.75 Å². The Kier molecular flexibility index (Phi) is 7.61. The summed E-state index contributed by atoms with van der Waals surface area (Å²) in [7, 11) is 1.61. The molecule has 0 saturated heterocycles. The van der Waals surface area contributed by atoms with Crippen LogP contribution in [0.2, 0.25) is 0 Å². The zero-order chi connectivity index (χ0) is 17.2. The molecule has 0 aliphatic carbocycles. The normalized spacial score (nSPS) is 9.26. The van der Waals surface area contributed by atoms with Crippen LogP contribution in [0.1, 0.15) is 27.7 Å². The SMILES string of the molecule is CC.CC.COc1ccc2c(=O)cc(-c3ccccc3)[nH]c2c1. The van der Waals surface area contributed by atoms with Crippen LogP contribution in [0, 0.1) is 0 Å². The third-order valence-corrected chi connectivity index (χ3v) is 3.12. The van der Waals surface area contributed by atoms with E-state index in [1.54, 1.807) is 25.3 Å². The number of hydrogen-bond acceptors (Lipinski definition) is 2. The summed E-state index contributed by atoms with van der Waals surface area (Å²) in [4.78, 5) is 15.4. The fourth-order valence-corrected chi connectivity index (χ4v) is 2.13. The van der Waals surface area contributed by atoms with E-state index >= 15 is 0 Å². The molecule has 0 aliphatic rings. The van der Waals surface area contributed by atoms with Crippen LogP contribution in [-0.2, 0) is 0 Å². The van der Waals surface area contributed by atoms with Gasteiger partial charge in [0.1, 0.15) is 5.75 Å². The van der Waals surface area contributed by atoms with Gasteiger partial charge >= 0.3 is 0 Å². The molecule has 23 heavy (non-hydrogen) atoms. The van der Waals surface area contributed by atoms with Crippen LogP contribution >= 0.6 is 0 Å². The molecular formula is C20H25NO2. The Hall–Kier alpha value is -2.55. The first-order valence-corrected chi connectivity index (χ1v) is 8.04. The molecule has 3 aromatic rings. The topological polar surface area (TPSA) is 42.1 Å². The summed E-state index contributed by atoms with van der Waals surface area (Å²) < 4.78 is 5.19. The van der Waals surface area contributed by atoms with Crippen molar-refractivity contribution in [2.24, 2.45) is 0 Å². The largest absolute Gasteiger partial charge is 0.497 e. The van der Waals surface area contributed by atoms with Gasteiger partial charge in [0, 0.05) is 23.2 Å². The molecule has 0 atom stereocenters. The standard InChI is InChI=1S/C16H13NO2.2C2H6/c1-19-12-7-8-13-15(9-12)17-14(10-16(13)18)11-5-3-2-4-6-11;2*1-2/h2-10H,1H3,(H,17,18);2*1-2H3. The van der Waals surface area contributed by atoms with Gasteiger partial charge in [-0.3, -0.25) is 4.79 Å². The number of hydrogen-bond donors (Lipinski definition) is 1. The molecule has 3 heteroatoms. The minimum atomic E-state index is 0.00950. The molecule has 0 radical (unpaired) electrons. The highest BCUT2D eigenvalue weighted by molar-refractivity contribution is 5.82. The molecule has 1 N–H and O–H groups in total. The van der Waals surface area contributed by atoms with E-state index in [0.717, 1.165) is 22.5 Å². The van der Waals surface area contributed by atoms with Gasteiger partial charge < -0.3 is 9.72 Å². The van der Waals surface area contributed by atoms with Gasteiger partial charge in [-0.1, -0.05) is 58.0 Å². The summed E-state index contributed by atoms with van der Waals surface area (Å²) in [6.07, 6.45) is 0. The molecule has 0 saturated carbocycles. The maximum absolute atomic E-state index is 12.1. The maximum atomic E-state index is 12.1. The van der Waals surface area contributed by atoms with Gasteiger partial charge in [0.25, 0.3) is 0 Å².